The van der Waals surface area contributed by atoms with Crippen LogP contribution in [0.5, 0.6) is 0 Å². The molecule has 2 rings (SSSR count). The second-order valence-corrected chi connectivity index (χ2v) is 5.90. The molecule has 1 aromatic heterocycles. The summed E-state index contributed by atoms with van der Waals surface area (Å²) in [7, 11) is 0. The van der Waals surface area contributed by atoms with E-state index in [2.05, 4.69) is 31.3 Å². The summed E-state index contributed by atoms with van der Waals surface area (Å²) in [6.45, 7) is 7.15. The number of halogens is 1. The third-order valence-electron chi connectivity index (χ3n) is 3.00. The maximum Gasteiger partial charge on any atom is 0.114 e. The van der Waals surface area contributed by atoms with E-state index in [4.69, 9.17) is 16.0 Å². The molecule has 0 saturated carbocycles. The molecule has 0 fully saturated rings. The van der Waals surface area contributed by atoms with Gasteiger partial charge in [0.05, 0.1) is 16.2 Å². The number of rotatable bonds is 5. The molecule has 0 aliphatic rings. The van der Waals surface area contributed by atoms with Crippen LogP contribution in [0.25, 0.3) is 0 Å². The summed E-state index contributed by atoms with van der Waals surface area (Å²) in [5.74, 6) is 0.922. The zero-order chi connectivity index (χ0) is 13.8. The molecule has 102 valence electrons. The van der Waals surface area contributed by atoms with E-state index in [-0.39, 0.29) is 0 Å². The SMILES string of the molecule is CCNC(C)c1ccc(Sc2ccoc2C)c(Cl)c1. The molecule has 1 unspecified atom stereocenters. The van der Waals surface area contributed by atoms with Gasteiger partial charge >= 0.3 is 0 Å². The first kappa shape index (κ1) is 14.5. The van der Waals surface area contributed by atoms with Crippen LogP contribution in [0.1, 0.15) is 31.2 Å². The van der Waals surface area contributed by atoms with E-state index in [1.165, 1.54) is 5.56 Å². The second kappa shape index (κ2) is 6.51. The predicted octanol–water partition coefficient (Wildman–Crippen LogP) is 5.06. The molecule has 2 aromatic rings. The van der Waals surface area contributed by atoms with Crippen molar-refractivity contribution >= 4 is 23.4 Å². The van der Waals surface area contributed by atoms with Gasteiger partial charge in [-0.15, -0.1) is 0 Å². The topological polar surface area (TPSA) is 25.2 Å². The quantitative estimate of drug-likeness (QED) is 0.834. The lowest BCUT2D eigenvalue weighted by Gasteiger charge is -2.14. The zero-order valence-electron chi connectivity index (χ0n) is 11.4. The maximum atomic E-state index is 6.36. The van der Waals surface area contributed by atoms with E-state index in [0.29, 0.717) is 6.04 Å². The van der Waals surface area contributed by atoms with Gasteiger partial charge in [0.1, 0.15) is 5.76 Å². The minimum Gasteiger partial charge on any atom is -0.468 e. The Morgan fingerprint density at radius 3 is 2.68 bits per heavy atom. The van der Waals surface area contributed by atoms with Crippen molar-refractivity contribution in [3.05, 3.63) is 46.9 Å². The van der Waals surface area contributed by atoms with Crippen molar-refractivity contribution in [1.82, 2.24) is 5.32 Å². The average molecular weight is 296 g/mol. The fraction of sp³-hybridized carbons (Fsp3) is 0.333. The van der Waals surface area contributed by atoms with Gasteiger partial charge in [0.15, 0.2) is 0 Å². The number of hydrogen-bond acceptors (Lipinski definition) is 3. The van der Waals surface area contributed by atoms with Crippen LogP contribution >= 0.6 is 23.4 Å². The van der Waals surface area contributed by atoms with Gasteiger partial charge in [-0.2, -0.15) is 0 Å². The van der Waals surface area contributed by atoms with E-state index < -0.39 is 0 Å². The van der Waals surface area contributed by atoms with Crippen LogP contribution < -0.4 is 5.32 Å². The number of nitrogens with one attached hydrogen (secondary N) is 1. The fourth-order valence-corrected chi connectivity index (χ4v) is 3.04. The molecule has 4 heteroatoms. The van der Waals surface area contributed by atoms with Crippen LogP contribution in [-0.2, 0) is 0 Å². The van der Waals surface area contributed by atoms with Crippen molar-refractivity contribution < 1.29 is 4.42 Å². The van der Waals surface area contributed by atoms with Gasteiger partial charge in [0.2, 0.25) is 0 Å². The highest BCUT2D eigenvalue weighted by Crippen LogP contribution is 2.36. The van der Waals surface area contributed by atoms with Gasteiger partial charge in [-0.1, -0.05) is 36.4 Å². The molecule has 1 N–H and O–H groups in total. The summed E-state index contributed by atoms with van der Waals surface area (Å²) in [6.07, 6.45) is 1.70. The molecule has 1 aromatic carbocycles. The van der Waals surface area contributed by atoms with Crippen molar-refractivity contribution in [2.24, 2.45) is 0 Å². The standard InChI is InChI=1S/C15H18ClNOS/c1-4-17-10(2)12-5-6-15(13(16)9-12)19-14-7-8-18-11(14)3/h5-10,17H,4H2,1-3H3. The highest BCUT2D eigenvalue weighted by atomic mass is 35.5. The Balaban J connectivity index is 2.18. The van der Waals surface area contributed by atoms with Crippen molar-refractivity contribution in [2.75, 3.05) is 6.54 Å². The zero-order valence-corrected chi connectivity index (χ0v) is 12.9. The summed E-state index contributed by atoms with van der Waals surface area (Å²) in [5.41, 5.74) is 1.21. The predicted molar refractivity (Wildman–Crippen MR) is 81.1 cm³/mol. The molecule has 0 bridgehead atoms. The molecular weight excluding hydrogens is 278 g/mol. The molecule has 0 radical (unpaired) electrons. The minimum absolute atomic E-state index is 0.317. The smallest absolute Gasteiger partial charge is 0.114 e. The first-order valence-electron chi connectivity index (χ1n) is 6.36. The van der Waals surface area contributed by atoms with E-state index in [1.807, 2.05) is 19.1 Å². The Morgan fingerprint density at radius 2 is 2.11 bits per heavy atom. The number of hydrogen-bond donors (Lipinski definition) is 1. The Kier molecular flexibility index (Phi) is 4.97. The molecule has 0 aliphatic carbocycles. The van der Waals surface area contributed by atoms with Crippen molar-refractivity contribution in [3.8, 4) is 0 Å². The lowest BCUT2D eigenvalue weighted by Crippen LogP contribution is -2.17. The number of furan rings is 1. The summed E-state index contributed by atoms with van der Waals surface area (Å²) in [4.78, 5) is 2.16. The lowest BCUT2D eigenvalue weighted by molar-refractivity contribution is 0.527. The van der Waals surface area contributed by atoms with Crippen LogP contribution in [-0.4, -0.2) is 6.54 Å². The normalized spacial score (nSPS) is 12.6. The molecule has 0 spiro atoms. The summed E-state index contributed by atoms with van der Waals surface area (Å²) < 4.78 is 5.30. The molecule has 19 heavy (non-hydrogen) atoms. The highest BCUT2D eigenvalue weighted by Gasteiger charge is 2.10. The van der Waals surface area contributed by atoms with Crippen LogP contribution in [0, 0.1) is 6.92 Å². The summed E-state index contributed by atoms with van der Waals surface area (Å²) >= 11 is 8.00. The molecule has 1 atom stereocenters. The van der Waals surface area contributed by atoms with Gasteiger partial charge in [-0.3, -0.25) is 0 Å². The van der Waals surface area contributed by atoms with E-state index in [9.17, 15) is 0 Å². The molecule has 0 aliphatic heterocycles. The second-order valence-electron chi connectivity index (χ2n) is 4.41. The van der Waals surface area contributed by atoms with Crippen molar-refractivity contribution in [2.45, 2.75) is 36.6 Å². The van der Waals surface area contributed by atoms with Gasteiger partial charge in [-0.25, -0.2) is 0 Å². The largest absolute Gasteiger partial charge is 0.468 e. The Hall–Kier alpha value is -0.900. The van der Waals surface area contributed by atoms with E-state index >= 15 is 0 Å². The third kappa shape index (κ3) is 3.56. The molecule has 0 amide bonds. The summed E-state index contributed by atoms with van der Waals surface area (Å²) in [6, 6.07) is 8.51. The summed E-state index contributed by atoms with van der Waals surface area (Å²) in [5, 5.41) is 4.17. The molecule has 1 heterocycles. The van der Waals surface area contributed by atoms with Crippen LogP contribution in [0.3, 0.4) is 0 Å². The average Bonchev–Trinajstić information content (AvgIpc) is 2.78. The number of aryl methyl sites for hydroxylation is 1. The molecular formula is C15H18ClNOS. The van der Waals surface area contributed by atoms with Crippen LogP contribution in [0.15, 0.2) is 44.7 Å². The van der Waals surface area contributed by atoms with Gasteiger partial charge in [-0.05, 0) is 44.2 Å². The van der Waals surface area contributed by atoms with Gasteiger partial charge < -0.3 is 9.73 Å². The number of benzene rings is 1. The molecule has 0 saturated heterocycles. The van der Waals surface area contributed by atoms with Crippen molar-refractivity contribution in [1.29, 1.82) is 0 Å². The molecule has 2 nitrogen and oxygen atoms in total. The Morgan fingerprint density at radius 1 is 1.32 bits per heavy atom. The first-order valence-corrected chi connectivity index (χ1v) is 7.56. The Labute approximate surface area is 123 Å². The van der Waals surface area contributed by atoms with Crippen LogP contribution in [0.2, 0.25) is 5.02 Å². The van der Waals surface area contributed by atoms with Gasteiger partial charge in [0.25, 0.3) is 0 Å². The van der Waals surface area contributed by atoms with E-state index in [0.717, 1.165) is 27.1 Å². The fourth-order valence-electron chi connectivity index (χ4n) is 1.89. The van der Waals surface area contributed by atoms with Crippen molar-refractivity contribution in [3.63, 3.8) is 0 Å². The third-order valence-corrected chi connectivity index (χ3v) is 4.64. The van der Waals surface area contributed by atoms with Gasteiger partial charge in [0, 0.05) is 10.9 Å². The first-order chi connectivity index (χ1) is 9.11. The lowest BCUT2D eigenvalue weighted by atomic mass is 10.1. The Bertz CT molecular complexity index is 553. The van der Waals surface area contributed by atoms with E-state index in [1.54, 1.807) is 18.0 Å². The monoisotopic (exact) mass is 295 g/mol. The highest BCUT2D eigenvalue weighted by molar-refractivity contribution is 7.99. The minimum atomic E-state index is 0.317. The maximum absolute atomic E-state index is 6.36. The van der Waals surface area contributed by atoms with Crippen LogP contribution in [0.4, 0.5) is 0 Å².